The molecule has 1 atom stereocenters. The fourth-order valence-electron chi connectivity index (χ4n) is 2.76. The number of hydrogen-bond acceptors (Lipinski definition) is 2. The van der Waals surface area contributed by atoms with Gasteiger partial charge in [0.25, 0.3) is 0 Å². The normalized spacial score (nSPS) is 14.0. The van der Waals surface area contributed by atoms with E-state index < -0.39 is 0 Å². The molecule has 1 unspecified atom stereocenters. The molecular formula is C19H34N2. The third-order valence-electron chi connectivity index (χ3n) is 3.80. The van der Waals surface area contributed by atoms with Crippen LogP contribution in [0.2, 0.25) is 0 Å². The number of rotatable bonds is 7. The minimum absolute atomic E-state index is 0.223. The van der Waals surface area contributed by atoms with Gasteiger partial charge in [0.05, 0.1) is 0 Å². The lowest BCUT2D eigenvalue weighted by atomic mass is 9.86. The van der Waals surface area contributed by atoms with E-state index in [2.05, 4.69) is 83.1 Å². The van der Waals surface area contributed by atoms with E-state index in [9.17, 15) is 0 Å². The van der Waals surface area contributed by atoms with Crippen LogP contribution in [-0.2, 0) is 5.41 Å². The molecule has 1 aromatic carbocycles. The Hall–Kier alpha value is -0.860. The summed E-state index contributed by atoms with van der Waals surface area (Å²) >= 11 is 0. The van der Waals surface area contributed by atoms with E-state index in [0.29, 0.717) is 12.0 Å². The summed E-state index contributed by atoms with van der Waals surface area (Å²) in [4.78, 5) is 2.43. The van der Waals surface area contributed by atoms with Gasteiger partial charge >= 0.3 is 0 Å². The highest BCUT2D eigenvalue weighted by Crippen LogP contribution is 2.24. The average molecular weight is 290 g/mol. The average Bonchev–Trinajstić information content (AvgIpc) is 2.36. The maximum atomic E-state index is 3.62. The maximum absolute atomic E-state index is 3.62. The molecule has 0 saturated carbocycles. The molecule has 1 N–H and O–H groups in total. The van der Waals surface area contributed by atoms with Gasteiger partial charge in [-0.1, -0.05) is 65.8 Å². The molecule has 0 aliphatic carbocycles. The van der Waals surface area contributed by atoms with Crippen molar-refractivity contribution in [2.24, 2.45) is 5.92 Å². The molecule has 1 aromatic rings. The summed E-state index contributed by atoms with van der Waals surface area (Å²) in [6.45, 7) is 16.7. The molecule has 0 heterocycles. The van der Waals surface area contributed by atoms with Crippen molar-refractivity contribution in [3.05, 3.63) is 35.4 Å². The topological polar surface area (TPSA) is 15.3 Å². The molecule has 0 radical (unpaired) electrons. The molecule has 0 aliphatic rings. The van der Waals surface area contributed by atoms with Gasteiger partial charge in [0.15, 0.2) is 0 Å². The van der Waals surface area contributed by atoms with Crippen molar-refractivity contribution >= 4 is 0 Å². The Morgan fingerprint density at radius 1 is 1.05 bits per heavy atom. The van der Waals surface area contributed by atoms with Crippen molar-refractivity contribution in [2.45, 2.75) is 53.0 Å². The fraction of sp³-hybridized carbons (Fsp3) is 0.684. The third-order valence-corrected chi connectivity index (χ3v) is 3.80. The molecule has 1 rings (SSSR count). The molecule has 0 spiro atoms. The fourth-order valence-corrected chi connectivity index (χ4v) is 2.76. The Labute approximate surface area is 131 Å². The second kappa shape index (κ2) is 7.95. The van der Waals surface area contributed by atoms with Gasteiger partial charge in [-0.05, 0) is 36.1 Å². The van der Waals surface area contributed by atoms with Gasteiger partial charge in [-0.3, -0.25) is 0 Å². The van der Waals surface area contributed by atoms with Gasteiger partial charge in [0.2, 0.25) is 0 Å². The Bertz CT molecular complexity index is 401. The molecule has 120 valence electrons. The predicted octanol–water partition coefficient (Wildman–Crippen LogP) is 4.22. The van der Waals surface area contributed by atoms with E-state index >= 15 is 0 Å². The van der Waals surface area contributed by atoms with Crippen LogP contribution in [0, 0.1) is 5.92 Å². The number of nitrogens with one attached hydrogen (secondary N) is 1. The molecule has 2 nitrogen and oxygen atoms in total. The van der Waals surface area contributed by atoms with Crippen LogP contribution < -0.4 is 5.32 Å². The van der Waals surface area contributed by atoms with Gasteiger partial charge < -0.3 is 10.2 Å². The molecular weight excluding hydrogens is 256 g/mol. The summed E-state index contributed by atoms with van der Waals surface area (Å²) in [6.07, 6.45) is 0. The van der Waals surface area contributed by atoms with Crippen molar-refractivity contribution < 1.29 is 0 Å². The number of hydrogen-bond donors (Lipinski definition) is 1. The summed E-state index contributed by atoms with van der Waals surface area (Å²) in [6, 6.07) is 9.55. The highest BCUT2D eigenvalue weighted by atomic mass is 15.1. The summed E-state index contributed by atoms with van der Waals surface area (Å²) in [5, 5.41) is 3.62. The number of benzene rings is 1. The van der Waals surface area contributed by atoms with E-state index in [1.54, 1.807) is 0 Å². The minimum atomic E-state index is 0.223. The van der Waals surface area contributed by atoms with Crippen molar-refractivity contribution in [3.63, 3.8) is 0 Å². The molecule has 0 amide bonds. The summed E-state index contributed by atoms with van der Waals surface area (Å²) in [5.74, 6) is 0.709. The Kier molecular flexibility index (Phi) is 6.89. The quantitative estimate of drug-likeness (QED) is 0.808. The van der Waals surface area contributed by atoms with Crippen LogP contribution in [0.15, 0.2) is 24.3 Å². The Morgan fingerprint density at radius 3 is 2.05 bits per heavy atom. The maximum Gasteiger partial charge on any atom is 0.0449 e. The van der Waals surface area contributed by atoms with Gasteiger partial charge in [-0.15, -0.1) is 0 Å². The van der Waals surface area contributed by atoms with Crippen molar-refractivity contribution in [1.29, 1.82) is 0 Å². The van der Waals surface area contributed by atoms with Crippen LogP contribution in [0.3, 0.4) is 0 Å². The first-order valence-corrected chi connectivity index (χ1v) is 8.26. The molecule has 0 aliphatic heterocycles. The van der Waals surface area contributed by atoms with E-state index in [1.807, 2.05) is 0 Å². The van der Waals surface area contributed by atoms with Gasteiger partial charge in [-0.2, -0.15) is 0 Å². The van der Waals surface area contributed by atoms with Crippen LogP contribution in [0.1, 0.15) is 58.7 Å². The lowest BCUT2D eigenvalue weighted by Crippen LogP contribution is -2.34. The molecule has 0 aromatic heterocycles. The highest BCUT2D eigenvalue weighted by molar-refractivity contribution is 5.29. The van der Waals surface area contributed by atoms with Crippen molar-refractivity contribution in [3.8, 4) is 0 Å². The lowest BCUT2D eigenvalue weighted by molar-refractivity contribution is 0.263. The van der Waals surface area contributed by atoms with E-state index in [4.69, 9.17) is 0 Å². The Balaban J connectivity index is 2.80. The van der Waals surface area contributed by atoms with Crippen molar-refractivity contribution in [2.75, 3.05) is 26.7 Å². The minimum Gasteiger partial charge on any atom is -0.309 e. The molecule has 0 fully saturated rings. The van der Waals surface area contributed by atoms with Crippen molar-refractivity contribution in [1.82, 2.24) is 10.2 Å². The molecule has 0 saturated heterocycles. The predicted molar refractivity (Wildman–Crippen MR) is 93.9 cm³/mol. The van der Waals surface area contributed by atoms with Gasteiger partial charge in [0, 0.05) is 19.1 Å². The first-order chi connectivity index (χ1) is 9.74. The van der Waals surface area contributed by atoms with Crippen LogP contribution in [0.25, 0.3) is 0 Å². The van der Waals surface area contributed by atoms with Crippen LogP contribution in [-0.4, -0.2) is 31.6 Å². The first kappa shape index (κ1) is 18.2. The standard InChI is InChI=1S/C19H34N2/c1-8-20-18(14-21(7)13-15(2)3)16-9-11-17(12-10-16)19(4,5)6/h9-12,15,18,20H,8,13-14H2,1-7H3. The molecule has 0 bridgehead atoms. The van der Waals surface area contributed by atoms with Gasteiger partial charge in [0.1, 0.15) is 0 Å². The molecule has 21 heavy (non-hydrogen) atoms. The zero-order valence-electron chi connectivity index (χ0n) is 15.0. The van der Waals surface area contributed by atoms with E-state index in [-0.39, 0.29) is 5.41 Å². The van der Waals surface area contributed by atoms with E-state index in [0.717, 1.165) is 19.6 Å². The zero-order chi connectivity index (χ0) is 16.0. The second-order valence-corrected chi connectivity index (χ2v) is 7.60. The first-order valence-electron chi connectivity index (χ1n) is 8.26. The smallest absolute Gasteiger partial charge is 0.0449 e. The van der Waals surface area contributed by atoms with Crippen LogP contribution >= 0.6 is 0 Å². The third kappa shape index (κ3) is 6.19. The highest BCUT2D eigenvalue weighted by Gasteiger charge is 2.16. The zero-order valence-corrected chi connectivity index (χ0v) is 15.0. The monoisotopic (exact) mass is 290 g/mol. The summed E-state index contributed by atoms with van der Waals surface area (Å²) < 4.78 is 0. The van der Waals surface area contributed by atoms with Crippen LogP contribution in [0.4, 0.5) is 0 Å². The lowest BCUT2D eigenvalue weighted by Gasteiger charge is -2.27. The van der Waals surface area contributed by atoms with E-state index in [1.165, 1.54) is 11.1 Å². The number of likely N-dealkylation sites (N-methyl/N-ethyl adjacent to an activating group) is 2. The number of nitrogens with zero attached hydrogens (tertiary/aromatic N) is 1. The SMILES string of the molecule is CCNC(CN(C)CC(C)C)c1ccc(C(C)(C)C)cc1. The molecule has 2 heteroatoms. The summed E-state index contributed by atoms with van der Waals surface area (Å²) in [7, 11) is 2.22. The van der Waals surface area contributed by atoms with Gasteiger partial charge in [-0.25, -0.2) is 0 Å². The Morgan fingerprint density at radius 2 is 1.62 bits per heavy atom. The van der Waals surface area contributed by atoms with Crippen LogP contribution in [0.5, 0.6) is 0 Å². The summed E-state index contributed by atoms with van der Waals surface area (Å²) in [5.41, 5.74) is 3.01. The second-order valence-electron chi connectivity index (χ2n) is 7.60. The largest absolute Gasteiger partial charge is 0.309 e.